The van der Waals surface area contributed by atoms with Gasteiger partial charge >= 0.3 is 0 Å². The molecule has 0 radical (unpaired) electrons. The third-order valence-corrected chi connectivity index (χ3v) is 3.07. The number of rotatable bonds is 3. The maximum absolute atomic E-state index is 4.23. The molecule has 0 bridgehead atoms. The molecule has 92 valence electrons. The number of hydrogen-bond donors (Lipinski definition) is 0. The molecule has 0 spiro atoms. The van der Waals surface area contributed by atoms with Gasteiger partial charge in [-0.05, 0) is 5.56 Å². The molecule has 1 aromatic heterocycles. The Hall–Kier alpha value is -2.36. The average Bonchev–Trinajstić information content (AvgIpc) is 2.89. The number of nitrogens with zero attached hydrogens (tertiary/aromatic N) is 3. The fraction of sp³-hybridized carbons (Fsp3) is 0.0667. The average molecular weight is 247 g/mol. The summed E-state index contributed by atoms with van der Waals surface area (Å²) in [4.78, 5) is 0. The zero-order valence-corrected chi connectivity index (χ0v) is 10.8. The molecular formula is C15H14BN3. The van der Waals surface area contributed by atoms with Gasteiger partial charge in [-0.2, -0.15) is 0 Å². The Balaban J connectivity index is 1.82. The molecule has 0 fully saturated rings. The summed E-state index contributed by atoms with van der Waals surface area (Å²) in [6.45, 7) is 0.750. The summed E-state index contributed by atoms with van der Waals surface area (Å²) in [6, 6.07) is 18.6. The van der Waals surface area contributed by atoms with E-state index in [1.165, 1.54) is 11.0 Å². The Labute approximate surface area is 113 Å². The molecule has 0 unspecified atom stereocenters. The summed E-state index contributed by atoms with van der Waals surface area (Å²) in [5, 5.41) is 8.40. The molecule has 0 aliphatic carbocycles. The minimum absolute atomic E-state index is 0.750. The largest absolute Gasteiger partial charge is 0.247 e. The minimum atomic E-state index is 0.750. The standard InChI is InChI=1S/C15H14BN3/c16-14-8-6-13(7-9-14)15-11-19(18-17-15)10-12-4-2-1-3-5-12/h1-9,11H,10,16H2. The van der Waals surface area contributed by atoms with E-state index < -0.39 is 0 Å². The first-order valence-corrected chi connectivity index (χ1v) is 6.32. The van der Waals surface area contributed by atoms with Crippen molar-refractivity contribution >= 4 is 13.3 Å². The van der Waals surface area contributed by atoms with E-state index in [1.807, 2.05) is 29.1 Å². The first-order valence-electron chi connectivity index (χ1n) is 6.32. The normalized spacial score (nSPS) is 10.5. The van der Waals surface area contributed by atoms with E-state index in [0.717, 1.165) is 17.8 Å². The lowest BCUT2D eigenvalue weighted by molar-refractivity contribution is 0.650. The predicted octanol–water partition coefficient (Wildman–Crippen LogP) is 1.25. The topological polar surface area (TPSA) is 30.7 Å². The van der Waals surface area contributed by atoms with E-state index in [4.69, 9.17) is 0 Å². The summed E-state index contributed by atoms with van der Waals surface area (Å²) in [5.41, 5.74) is 4.49. The molecule has 0 saturated carbocycles. The lowest BCUT2D eigenvalue weighted by atomic mass is 9.95. The van der Waals surface area contributed by atoms with E-state index in [0.29, 0.717) is 0 Å². The van der Waals surface area contributed by atoms with E-state index >= 15 is 0 Å². The molecular weight excluding hydrogens is 233 g/mol. The summed E-state index contributed by atoms with van der Waals surface area (Å²) in [6.07, 6.45) is 1.98. The Morgan fingerprint density at radius 2 is 1.68 bits per heavy atom. The van der Waals surface area contributed by atoms with Crippen LogP contribution in [0.2, 0.25) is 0 Å². The van der Waals surface area contributed by atoms with Gasteiger partial charge in [-0.25, -0.2) is 4.68 Å². The van der Waals surface area contributed by atoms with Crippen LogP contribution in [0.4, 0.5) is 0 Å². The van der Waals surface area contributed by atoms with Crippen molar-refractivity contribution < 1.29 is 0 Å². The molecule has 0 N–H and O–H groups in total. The van der Waals surface area contributed by atoms with Crippen LogP contribution in [0.3, 0.4) is 0 Å². The highest BCUT2D eigenvalue weighted by atomic mass is 15.4. The summed E-state index contributed by atoms with van der Waals surface area (Å²) in [5.74, 6) is 0. The van der Waals surface area contributed by atoms with Gasteiger partial charge in [0.15, 0.2) is 0 Å². The van der Waals surface area contributed by atoms with Gasteiger partial charge in [-0.15, -0.1) is 5.10 Å². The van der Waals surface area contributed by atoms with Crippen LogP contribution in [0.1, 0.15) is 5.56 Å². The molecule has 3 aromatic rings. The zero-order valence-electron chi connectivity index (χ0n) is 10.8. The number of aromatic nitrogens is 3. The Bertz CT molecular complexity index is 659. The van der Waals surface area contributed by atoms with Gasteiger partial charge in [0.25, 0.3) is 0 Å². The lowest BCUT2D eigenvalue weighted by Crippen LogP contribution is -1.99. The van der Waals surface area contributed by atoms with E-state index in [9.17, 15) is 0 Å². The highest BCUT2D eigenvalue weighted by Gasteiger charge is 2.03. The van der Waals surface area contributed by atoms with Crippen LogP contribution in [0.15, 0.2) is 60.8 Å². The van der Waals surface area contributed by atoms with Crippen molar-refractivity contribution in [1.82, 2.24) is 15.0 Å². The van der Waals surface area contributed by atoms with Crippen molar-refractivity contribution in [2.75, 3.05) is 0 Å². The molecule has 0 aliphatic heterocycles. The summed E-state index contributed by atoms with van der Waals surface area (Å²) < 4.78 is 1.87. The molecule has 2 aromatic carbocycles. The number of hydrogen-bond acceptors (Lipinski definition) is 2. The smallest absolute Gasteiger partial charge is 0.139 e. The lowest BCUT2D eigenvalue weighted by Gasteiger charge is -1.99. The third kappa shape index (κ3) is 2.73. The van der Waals surface area contributed by atoms with Gasteiger partial charge < -0.3 is 0 Å². The SMILES string of the molecule is Bc1ccc(-c2cn(Cc3ccccc3)nn2)cc1. The monoisotopic (exact) mass is 247 g/mol. The van der Waals surface area contributed by atoms with Crippen LogP contribution in [-0.4, -0.2) is 22.8 Å². The first kappa shape index (κ1) is 11.7. The Morgan fingerprint density at radius 1 is 0.947 bits per heavy atom. The van der Waals surface area contributed by atoms with Crippen LogP contribution < -0.4 is 5.46 Å². The van der Waals surface area contributed by atoms with Gasteiger partial charge in [0.05, 0.1) is 12.7 Å². The maximum atomic E-state index is 4.23. The third-order valence-electron chi connectivity index (χ3n) is 3.07. The molecule has 3 nitrogen and oxygen atoms in total. The van der Waals surface area contributed by atoms with Crippen LogP contribution in [-0.2, 0) is 6.54 Å². The fourth-order valence-corrected chi connectivity index (χ4v) is 2.00. The highest BCUT2D eigenvalue weighted by Crippen LogP contribution is 2.14. The summed E-state index contributed by atoms with van der Waals surface area (Å²) in [7, 11) is 2.08. The second kappa shape index (κ2) is 5.10. The van der Waals surface area contributed by atoms with Crippen LogP contribution in [0, 0.1) is 0 Å². The molecule has 0 aliphatic rings. The zero-order chi connectivity index (χ0) is 13.1. The maximum Gasteiger partial charge on any atom is 0.139 e. The fourth-order valence-electron chi connectivity index (χ4n) is 2.00. The molecule has 4 heteroatoms. The molecule has 0 saturated heterocycles. The molecule has 1 heterocycles. The highest BCUT2D eigenvalue weighted by molar-refractivity contribution is 6.32. The van der Waals surface area contributed by atoms with Gasteiger partial charge in [-0.1, -0.05) is 65.3 Å². The quantitative estimate of drug-likeness (QED) is 0.652. The van der Waals surface area contributed by atoms with Crippen molar-refractivity contribution in [3.8, 4) is 11.3 Å². The predicted molar refractivity (Wildman–Crippen MR) is 79.2 cm³/mol. The van der Waals surface area contributed by atoms with E-state index in [2.05, 4.69) is 54.6 Å². The molecule has 19 heavy (non-hydrogen) atoms. The second-order valence-electron chi connectivity index (χ2n) is 4.65. The van der Waals surface area contributed by atoms with Crippen molar-refractivity contribution in [3.05, 3.63) is 66.4 Å². The Morgan fingerprint density at radius 3 is 2.42 bits per heavy atom. The van der Waals surface area contributed by atoms with Crippen LogP contribution in [0.25, 0.3) is 11.3 Å². The van der Waals surface area contributed by atoms with Gasteiger partial charge in [0.2, 0.25) is 0 Å². The van der Waals surface area contributed by atoms with E-state index in [1.54, 1.807) is 0 Å². The van der Waals surface area contributed by atoms with E-state index in [-0.39, 0.29) is 0 Å². The van der Waals surface area contributed by atoms with Gasteiger partial charge in [-0.3, -0.25) is 0 Å². The summed E-state index contributed by atoms with van der Waals surface area (Å²) >= 11 is 0. The van der Waals surface area contributed by atoms with Crippen molar-refractivity contribution in [3.63, 3.8) is 0 Å². The Kier molecular flexibility index (Phi) is 3.15. The van der Waals surface area contributed by atoms with Crippen LogP contribution >= 0.6 is 0 Å². The molecule has 0 amide bonds. The van der Waals surface area contributed by atoms with Crippen molar-refractivity contribution in [2.45, 2.75) is 6.54 Å². The molecule has 0 atom stereocenters. The molecule has 3 rings (SSSR count). The van der Waals surface area contributed by atoms with Crippen molar-refractivity contribution in [1.29, 1.82) is 0 Å². The van der Waals surface area contributed by atoms with Crippen LogP contribution in [0.5, 0.6) is 0 Å². The van der Waals surface area contributed by atoms with Gasteiger partial charge in [0, 0.05) is 5.56 Å². The minimum Gasteiger partial charge on any atom is -0.247 e. The first-order chi connectivity index (χ1) is 9.31. The number of benzene rings is 2. The second-order valence-corrected chi connectivity index (χ2v) is 4.65. The van der Waals surface area contributed by atoms with Crippen molar-refractivity contribution in [2.24, 2.45) is 0 Å². The van der Waals surface area contributed by atoms with Gasteiger partial charge in [0.1, 0.15) is 13.5 Å².